The summed E-state index contributed by atoms with van der Waals surface area (Å²) in [6.45, 7) is 0. The van der Waals surface area contributed by atoms with Crippen molar-refractivity contribution in [2.24, 2.45) is 0 Å². The highest BCUT2D eigenvalue weighted by atomic mass is 35.7. The fourth-order valence-electron chi connectivity index (χ4n) is 0.544. The molecule has 0 aliphatic heterocycles. The van der Waals surface area contributed by atoms with Crippen LogP contribution in [0.2, 0.25) is 0 Å². The zero-order valence-corrected chi connectivity index (χ0v) is 6.35. The van der Waals surface area contributed by atoms with Gasteiger partial charge in [0.25, 0.3) is 0 Å². The molecule has 0 bridgehead atoms. The summed E-state index contributed by atoms with van der Waals surface area (Å²) in [7, 11) is 5.88. The van der Waals surface area contributed by atoms with Crippen LogP contribution in [0.3, 0.4) is 0 Å². The largest absolute Gasteiger partial charge is 0.204 e. The molecule has 0 atom stereocenters. The van der Waals surface area contributed by atoms with Crippen molar-refractivity contribution in [3.63, 3.8) is 0 Å². The average molecular weight is 181 g/mol. The van der Waals surface area contributed by atoms with Crippen molar-refractivity contribution in [1.82, 2.24) is 0 Å². The Bertz CT molecular complexity index is 239. The van der Waals surface area contributed by atoms with Crippen molar-refractivity contribution < 1.29 is 8.78 Å². The minimum absolute atomic E-state index is 0.113. The topological polar surface area (TPSA) is 0 Å². The van der Waals surface area contributed by atoms with Crippen LogP contribution in [0.1, 0.15) is 0 Å². The highest BCUT2D eigenvalue weighted by Gasteiger charge is 2.05. The third-order valence-corrected chi connectivity index (χ3v) is 1.98. The van der Waals surface area contributed by atoms with E-state index in [0.29, 0.717) is 11.0 Å². The molecule has 54 valence electrons. The minimum atomic E-state index is -0.887. The molecule has 0 fully saturated rings. The Hall–Kier alpha value is -0.280. The Morgan fingerprint density at radius 2 is 2.00 bits per heavy atom. The van der Waals surface area contributed by atoms with Crippen LogP contribution in [0.5, 0.6) is 0 Å². The van der Waals surface area contributed by atoms with Gasteiger partial charge in [-0.2, -0.15) is 0 Å². The van der Waals surface area contributed by atoms with E-state index >= 15 is 0 Å². The molecule has 0 spiro atoms. The fourth-order valence-corrected chi connectivity index (χ4v) is 1.20. The molecule has 0 saturated carbocycles. The number of rotatable bonds is 1. The molecular formula is C6H3ClF2S. The van der Waals surface area contributed by atoms with Crippen LogP contribution in [0.15, 0.2) is 23.1 Å². The van der Waals surface area contributed by atoms with Crippen molar-refractivity contribution >= 4 is 21.7 Å². The van der Waals surface area contributed by atoms with Crippen LogP contribution < -0.4 is 0 Å². The molecule has 10 heavy (non-hydrogen) atoms. The van der Waals surface area contributed by atoms with Crippen molar-refractivity contribution in [2.75, 3.05) is 0 Å². The smallest absolute Gasteiger partial charge is 0.173 e. The number of benzene rings is 1. The van der Waals surface area contributed by atoms with Gasteiger partial charge < -0.3 is 0 Å². The molecule has 0 heterocycles. The Morgan fingerprint density at radius 1 is 1.30 bits per heavy atom. The molecule has 4 heteroatoms. The maximum absolute atomic E-state index is 12.5. The van der Waals surface area contributed by atoms with Crippen LogP contribution in [0, 0.1) is 11.6 Å². The predicted octanol–water partition coefficient (Wildman–Crippen LogP) is 3.21. The maximum atomic E-state index is 12.5. The molecule has 0 aromatic heterocycles. The fraction of sp³-hybridized carbons (Fsp3) is 0. The lowest BCUT2D eigenvalue weighted by atomic mass is 10.3. The minimum Gasteiger partial charge on any atom is -0.204 e. The first-order valence-corrected chi connectivity index (χ1v) is 4.12. The van der Waals surface area contributed by atoms with Crippen LogP contribution in [-0.4, -0.2) is 0 Å². The Balaban J connectivity index is 3.14. The van der Waals surface area contributed by atoms with Crippen LogP contribution in [-0.2, 0) is 0 Å². The molecule has 0 aliphatic rings. The number of hydrogen-bond donors (Lipinski definition) is 0. The summed E-state index contributed by atoms with van der Waals surface area (Å²) in [6.07, 6.45) is 0. The third kappa shape index (κ3) is 1.41. The second kappa shape index (κ2) is 3.21. The molecule has 1 aromatic rings. The van der Waals surface area contributed by atoms with E-state index in [9.17, 15) is 8.78 Å². The maximum Gasteiger partial charge on any atom is 0.173 e. The van der Waals surface area contributed by atoms with Gasteiger partial charge in [0, 0.05) is 0 Å². The van der Waals surface area contributed by atoms with Crippen LogP contribution in [0.25, 0.3) is 0 Å². The van der Waals surface area contributed by atoms with Gasteiger partial charge in [-0.3, -0.25) is 0 Å². The van der Waals surface area contributed by atoms with E-state index in [-0.39, 0.29) is 4.90 Å². The van der Waals surface area contributed by atoms with E-state index in [1.165, 1.54) is 12.1 Å². The predicted molar refractivity (Wildman–Crippen MR) is 38.1 cm³/mol. The molecule has 0 amide bonds. The van der Waals surface area contributed by atoms with E-state index in [1.807, 2.05) is 0 Å². The van der Waals surface area contributed by atoms with Gasteiger partial charge >= 0.3 is 0 Å². The quantitative estimate of drug-likeness (QED) is 0.640. The molecular weight excluding hydrogens is 178 g/mol. The van der Waals surface area contributed by atoms with E-state index < -0.39 is 11.6 Å². The standard InChI is InChI=1S/C6H3ClF2S/c7-10-5-3-1-2-4(8)6(5)9/h1-3H. The van der Waals surface area contributed by atoms with Gasteiger partial charge in [0.2, 0.25) is 0 Å². The lowest BCUT2D eigenvalue weighted by Crippen LogP contribution is -1.83. The van der Waals surface area contributed by atoms with Crippen molar-refractivity contribution in [2.45, 2.75) is 4.90 Å². The summed E-state index contributed by atoms with van der Waals surface area (Å²) in [5.74, 6) is -1.76. The van der Waals surface area contributed by atoms with Gasteiger partial charge in [-0.05, 0) is 33.8 Å². The summed E-state index contributed by atoms with van der Waals surface area (Å²) in [4.78, 5) is 0.113. The zero-order chi connectivity index (χ0) is 7.56. The SMILES string of the molecule is Fc1cccc(SCl)c1F. The van der Waals surface area contributed by atoms with Gasteiger partial charge in [0.1, 0.15) is 0 Å². The normalized spacial score (nSPS) is 9.90. The summed E-state index contributed by atoms with van der Waals surface area (Å²) < 4.78 is 24.8. The lowest BCUT2D eigenvalue weighted by molar-refractivity contribution is 0.492. The monoisotopic (exact) mass is 180 g/mol. The molecule has 0 unspecified atom stereocenters. The van der Waals surface area contributed by atoms with E-state index in [4.69, 9.17) is 10.7 Å². The van der Waals surface area contributed by atoms with Crippen LogP contribution >= 0.6 is 21.7 Å². The van der Waals surface area contributed by atoms with E-state index in [2.05, 4.69) is 0 Å². The first-order valence-electron chi connectivity index (χ1n) is 2.48. The summed E-state index contributed by atoms with van der Waals surface area (Å²) in [6, 6.07) is 3.87. The summed E-state index contributed by atoms with van der Waals surface area (Å²) in [5.41, 5.74) is 0. The van der Waals surface area contributed by atoms with Crippen LogP contribution in [0.4, 0.5) is 8.78 Å². The highest BCUT2D eigenvalue weighted by molar-refractivity contribution is 8.21. The van der Waals surface area contributed by atoms with E-state index in [0.717, 1.165) is 6.07 Å². The molecule has 1 rings (SSSR count). The highest BCUT2D eigenvalue weighted by Crippen LogP contribution is 2.25. The van der Waals surface area contributed by atoms with Crippen molar-refractivity contribution in [3.8, 4) is 0 Å². The zero-order valence-electron chi connectivity index (χ0n) is 4.77. The van der Waals surface area contributed by atoms with Gasteiger partial charge in [0.15, 0.2) is 11.6 Å². The number of halogens is 3. The van der Waals surface area contributed by atoms with Gasteiger partial charge in [-0.25, -0.2) is 8.78 Å². The first-order chi connectivity index (χ1) is 4.75. The molecule has 0 radical (unpaired) electrons. The Labute approximate surface area is 65.7 Å². The van der Waals surface area contributed by atoms with E-state index in [1.54, 1.807) is 0 Å². The molecule has 0 aliphatic carbocycles. The first kappa shape index (κ1) is 7.82. The summed E-state index contributed by atoms with van der Waals surface area (Å²) in [5, 5.41) is 0. The molecule has 0 nitrogen and oxygen atoms in total. The number of hydrogen-bond acceptors (Lipinski definition) is 1. The average Bonchev–Trinajstić information content (AvgIpc) is 1.95. The Morgan fingerprint density at radius 3 is 2.50 bits per heavy atom. The second-order valence-corrected chi connectivity index (χ2v) is 2.69. The second-order valence-electron chi connectivity index (χ2n) is 1.63. The van der Waals surface area contributed by atoms with Crippen molar-refractivity contribution in [1.29, 1.82) is 0 Å². The molecule has 0 saturated heterocycles. The summed E-state index contributed by atoms with van der Waals surface area (Å²) >= 11 is 0. The van der Waals surface area contributed by atoms with Gasteiger partial charge in [-0.1, -0.05) is 6.07 Å². The molecule has 0 N–H and O–H groups in total. The lowest BCUT2D eigenvalue weighted by Gasteiger charge is -1.95. The van der Waals surface area contributed by atoms with Crippen molar-refractivity contribution in [3.05, 3.63) is 29.8 Å². The third-order valence-electron chi connectivity index (χ3n) is 0.999. The van der Waals surface area contributed by atoms with Gasteiger partial charge in [-0.15, -0.1) is 0 Å². The Kier molecular flexibility index (Phi) is 2.51. The molecule has 1 aromatic carbocycles. The van der Waals surface area contributed by atoms with Gasteiger partial charge in [0.05, 0.1) is 4.90 Å².